The lowest BCUT2D eigenvalue weighted by Crippen LogP contribution is -2.46. The van der Waals surface area contributed by atoms with E-state index in [9.17, 15) is 4.79 Å². The van der Waals surface area contributed by atoms with Gasteiger partial charge in [-0.25, -0.2) is 9.97 Å². The fraction of sp³-hybridized carbons (Fsp3) is 0.444. The molecule has 5 nitrogen and oxygen atoms in total. The Bertz CT molecular complexity index is 365. The first kappa shape index (κ1) is 10.5. The number of nitrogens with one attached hydrogen (secondary N) is 1. The van der Waals surface area contributed by atoms with Gasteiger partial charge < -0.3 is 10.2 Å². The molecule has 0 bridgehead atoms. The van der Waals surface area contributed by atoms with Crippen LogP contribution in [0, 0.1) is 0 Å². The minimum atomic E-state index is -0.0363. The Morgan fingerprint density at radius 1 is 1.47 bits per heavy atom. The number of piperazine rings is 1. The molecule has 0 aliphatic carbocycles. The normalized spacial score (nSPS) is 16.5. The van der Waals surface area contributed by atoms with Crippen molar-refractivity contribution in [2.24, 2.45) is 0 Å². The second kappa shape index (κ2) is 4.67. The van der Waals surface area contributed by atoms with E-state index in [2.05, 4.69) is 31.2 Å². The minimum Gasteiger partial charge on any atom is -0.335 e. The van der Waals surface area contributed by atoms with Crippen molar-refractivity contribution in [3.63, 3.8) is 0 Å². The van der Waals surface area contributed by atoms with Gasteiger partial charge in [0.25, 0.3) is 5.91 Å². The molecule has 0 unspecified atom stereocenters. The number of nitrogens with zero attached hydrogens (tertiary/aromatic N) is 3. The molecule has 0 spiro atoms. The Balaban J connectivity index is 2.16. The van der Waals surface area contributed by atoms with E-state index in [4.69, 9.17) is 0 Å². The summed E-state index contributed by atoms with van der Waals surface area (Å²) in [6, 6.07) is 0. The smallest absolute Gasteiger partial charge is 0.273 e. The number of halogens is 1. The minimum absolute atomic E-state index is 0.0363. The van der Waals surface area contributed by atoms with Crippen LogP contribution in [0.1, 0.15) is 10.5 Å². The summed E-state index contributed by atoms with van der Waals surface area (Å²) >= 11 is 3.28. The molecule has 1 aliphatic heterocycles. The van der Waals surface area contributed by atoms with E-state index in [1.165, 1.54) is 6.33 Å². The summed E-state index contributed by atoms with van der Waals surface area (Å²) in [7, 11) is 0. The second-order valence-corrected chi connectivity index (χ2v) is 4.12. The van der Waals surface area contributed by atoms with Crippen molar-refractivity contribution in [1.29, 1.82) is 0 Å². The molecule has 1 N–H and O–H groups in total. The predicted octanol–water partition coefficient (Wildman–Crippen LogP) is 0.285. The molecule has 0 aromatic carbocycles. The summed E-state index contributed by atoms with van der Waals surface area (Å²) in [4.78, 5) is 21.6. The zero-order valence-electron chi connectivity index (χ0n) is 8.11. The Kier molecular flexibility index (Phi) is 3.27. The van der Waals surface area contributed by atoms with Crippen LogP contribution in [0.4, 0.5) is 0 Å². The second-order valence-electron chi connectivity index (χ2n) is 3.26. The van der Waals surface area contributed by atoms with E-state index in [0.29, 0.717) is 10.2 Å². The van der Waals surface area contributed by atoms with Gasteiger partial charge in [-0.05, 0) is 15.9 Å². The van der Waals surface area contributed by atoms with Gasteiger partial charge in [-0.1, -0.05) is 0 Å². The van der Waals surface area contributed by atoms with Crippen LogP contribution < -0.4 is 5.32 Å². The Morgan fingerprint density at radius 2 is 2.20 bits per heavy atom. The topological polar surface area (TPSA) is 58.1 Å². The van der Waals surface area contributed by atoms with Gasteiger partial charge in [-0.2, -0.15) is 0 Å². The number of aromatic nitrogens is 2. The number of hydrogen-bond donors (Lipinski definition) is 1. The maximum absolute atomic E-state index is 12.0. The summed E-state index contributed by atoms with van der Waals surface area (Å²) in [5.74, 6) is -0.0363. The third-order valence-corrected chi connectivity index (χ3v) is 2.85. The van der Waals surface area contributed by atoms with Crippen LogP contribution in [0.15, 0.2) is 17.0 Å². The summed E-state index contributed by atoms with van der Waals surface area (Å²) < 4.78 is 0.647. The first-order chi connectivity index (χ1) is 7.29. The third-order valence-electron chi connectivity index (χ3n) is 2.27. The molecule has 80 valence electrons. The number of carbonyl (C=O) groups is 1. The van der Waals surface area contributed by atoms with Gasteiger partial charge in [0.15, 0.2) is 0 Å². The monoisotopic (exact) mass is 270 g/mol. The molecule has 1 amide bonds. The molecule has 1 aliphatic rings. The van der Waals surface area contributed by atoms with Crippen molar-refractivity contribution in [3.05, 3.63) is 22.7 Å². The number of rotatable bonds is 1. The molecule has 1 saturated heterocycles. The SMILES string of the molecule is O=C(c1ncncc1Br)N1CCNCC1. The van der Waals surface area contributed by atoms with E-state index in [1.54, 1.807) is 11.1 Å². The molecule has 2 heterocycles. The van der Waals surface area contributed by atoms with Gasteiger partial charge in [-0.15, -0.1) is 0 Å². The van der Waals surface area contributed by atoms with Crippen LogP contribution in [0.25, 0.3) is 0 Å². The maximum atomic E-state index is 12.0. The van der Waals surface area contributed by atoms with E-state index < -0.39 is 0 Å². The van der Waals surface area contributed by atoms with Crippen LogP contribution in [0.3, 0.4) is 0 Å². The van der Waals surface area contributed by atoms with Gasteiger partial charge in [0.1, 0.15) is 12.0 Å². The van der Waals surface area contributed by atoms with Crippen molar-refractivity contribution >= 4 is 21.8 Å². The first-order valence-electron chi connectivity index (χ1n) is 4.74. The van der Waals surface area contributed by atoms with Crippen molar-refractivity contribution in [2.45, 2.75) is 0 Å². The zero-order valence-corrected chi connectivity index (χ0v) is 9.70. The molecule has 2 rings (SSSR count). The van der Waals surface area contributed by atoms with Gasteiger partial charge in [0, 0.05) is 32.4 Å². The molecule has 0 saturated carbocycles. The Labute approximate surface area is 96.0 Å². The first-order valence-corrected chi connectivity index (χ1v) is 5.54. The molecule has 0 radical (unpaired) electrons. The van der Waals surface area contributed by atoms with Gasteiger partial charge >= 0.3 is 0 Å². The summed E-state index contributed by atoms with van der Waals surface area (Å²) in [6.07, 6.45) is 2.97. The van der Waals surface area contributed by atoms with Crippen molar-refractivity contribution in [2.75, 3.05) is 26.2 Å². The van der Waals surface area contributed by atoms with Crippen LogP contribution in [-0.4, -0.2) is 47.0 Å². The van der Waals surface area contributed by atoms with Crippen LogP contribution >= 0.6 is 15.9 Å². The lowest BCUT2D eigenvalue weighted by atomic mass is 10.3. The van der Waals surface area contributed by atoms with E-state index >= 15 is 0 Å². The summed E-state index contributed by atoms with van der Waals surface area (Å²) in [6.45, 7) is 3.15. The maximum Gasteiger partial charge on any atom is 0.273 e. The largest absolute Gasteiger partial charge is 0.335 e. The van der Waals surface area contributed by atoms with Gasteiger partial charge in [0.05, 0.1) is 4.47 Å². The molecular weight excluding hydrogens is 260 g/mol. The molecule has 1 aromatic rings. The average Bonchev–Trinajstić information content (AvgIpc) is 2.30. The van der Waals surface area contributed by atoms with E-state index in [-0.39, 0.29) is 5.91 Å². The molecule has 1 aromatic heterocycles. The Morgan fingerprint density at radius 3 is 2.87 bits per heavy atom. The highest BCUT2D eigenvalue weighted by molar-refractivity contribution is 9.10. The van der Waals surface area contributed by atoms with E-state index in [1.807, 2.05) is 0 Å². The number of carbonyl (C=O) groups excluding carboxylic acids is 1. The molecule has 1 fully saturated rings. The fourth-order valence-electron chi connectivity index (χ4n) is 1.49. The van der Waals surface area contributed by atoms with Gasteiger partial charge in [-0.3, -0.25) is 4.79 Å². The predicted molar refractivity (Wildman–Crippen MR) is 58.5 cm³/mol. The average molecular weight is 271 g/mol. The molecular formula is C9H11BrN4O. The van der Waals surface area contributed by atoms with Crippen LogP contribution in [-0.2, 0) is 0 Å². The van der Waals surface area contributed by atoms with Crippen LogP contribution in [0.2, 0.25) is 0 Å². The highest BCUT2D eigenvalue weighted by Gasteiger charge is 2.20. The number of amides is 1. The van der Waals surface area contributed by atoms with Crippen molar-refractivity contribution in [1.82, 2.24) is 20.2 Å². The van der Waals surface area contributed by atoms with E-state index in [0.717, 1.165) is 26.2 Å². The standard InChI is InChI=1S/C9H11BrN4O/c10-7-5-12-6-13-8(7)9(15)14-3-1-11-2-4-14/h5-6,11H,1-4H2. The highest BCUT2D eigenvalue weighted by atomic mass is 79.9. The molecule has 6 heteroatoms. The van der Waals surface area contributed by atoms with Crippen molar-refractivity contribution < 1.29 is 4.79 Å². The highest BCUT2D eigenvalue weighted by Crippen LogP contribution is 2.14. The zero-order chi connectivity index (χ0) is 10.7. The lowest BCUT2D eigenvalue weighted by Gasteiger charge is -2.27. The molecule has 0 atom stereocenters. The van der Waals surface area contributed by atoms with Crippen molar-refractivity contribution in [3.8, 4) is 0 Å². The summed E-state index contributed by atoms with van der Waals surface area (Å²) in [5, 5.41) is 3.20. The third kappa shape index (κ3) is 2.32. The number of hydrogen-bond acceptors (Lipinski definition) is 4. The Hall–Kier alpha value is -1.01. The molecule has 15 heavy (non-hydrogen) atoms. The fourth-order valence-corrected chi connectivity index (χ4v) is 1.88. The quantitative estimate of drug-likeness (QED) is 0.797. The lowest BCUT2D eigenvalue weighted by molar-refractivity contribution is 0.0728. The summed E-state index contributed by atoms with van der Waals surface area (Å²) in [5.41, 5.74) is 0.437. The van der Waals surface area contributed by atoms with Crippen LogP contribution in [0.5, 0.6) is 0 Å². The van der Waals surface area contributed by atoms with Gasteiger partial charge in [0.2, 0.25) is 0 Å².